The quantitative estimate of drug-likeness (QED) is 0.351. The van der Waals surface area contributed by atoms with Gasteiger partial charge in [0.15, 0.2) is 5.78 Å². The van der Waals surface area contributed by atoms with Gasteiger partial charge in [-0.2, -0.15) is 0 Å². The van der Waals surface area contributed by atoms with Gasteiger partial charge in [-0.25, -0.2) is 0 Å². The molecule has 0 radical (unpaired) electrons. The van der Waals surface area contributed by atoms with E-state index in [2.05, 4.69) is 34.1 Å². The van der Waals surface area contributed by atoms with E-state index in [4.69, 9.17) is 11.6 Å². The highest BCUT2D eigenvalue weighted by molar-refractivity contribution is 6.30. The number of nitrogens with one attached hydrogen (secondary N) is 1. The van der Waals surface area contributed by atoms with Crippen LogP contribution < -0.4 is 0 Å². The molecule has 1 saturated heterocycles. The number of benzene rings is 3. The zero-order valence-electron chi connectivity index (χ0n) is 19.2. The van der Waals surface area contributed by atoms with Gasteiger partial charge in [-0.3, -0.25) is 14.5 Å². The summed E-state index contributed by atoms with van der Waals surface area (Å²) in [6.07, 6.45) is 2.70. The fourth-order valence-corrected chi connectivity index (χ4v) is 4.70. The Balaban J connectivity index is 0.00000289. The number of carbonyl (C=O) groups is 2. The third-order valence-corrected chi connectivity index (χ3v) is 6.76. The third kappa shape index (κ3) is 5.43. The summed E-state index contributed by atoms with van der Waals surface area (Å²) >= 11 is 5.98. The molecule has 5 rings (SSSR count). The molecule has 2 heterocycles. The van der Waals surface area contributed by atoms with Crippen molar-refractivity contribution in [1.29, 1.82) is 0 Å². The number of aromatic nitrogens is 1. The number of aromatic amines is 1. The van der Waals surface area contributed by atoms with Crippen LogP contribution in [0, 0.1) is 0 Å². The summed E-state index contributed by atoms with van der Waals surface area (Å²) in [5.41, 5.74) is 3.72. The molecule has 1 N–H and O–H groups in total. The van der Waals surface area contributed by atoms with Crippen LogP contribution in [0.1, 0.15) is 31.8 Å². The Morgan fingerprint density at radius 1 is 0.829 bits per heavy atom. The summed E-state index contributed by atoms with van der Waals surface area (Å²) < 4.78 is 0. The van der Waals surface area contributed by atoms with Crippen molar-refractivity contribution >= 4 is 46.6 Å². The largest absolute Gasteiger partial charge is 0.360 e. The van der Waals surface area contributed by atoms with Gasteiger partial charge in [0.1, 0.15) is 0 Å². The molecule has 0 saturated carbocycles. The highest BCUT2D eigenvalue weighted by Gasteiger charge is 2.26. The summed E-state index contributed by atoms with van der Waals surface area (Å²) in [6, 6.07) is 22.9. The van der Waals surface area contributed by atoms with Gasteiger partial charge >= 0.3 is 0 Å². The Labute approximate surface area is 216 Å². The van der Waals surface area contributed by atoms with Crippen molar-refractivity contribution in [3.8, 4) is 0 Å². The van der Waals surface area contributed by atoms with Crippen LogP contribution in [0.2, 0.25) is 5.02 Å². The number of amides is 1. The number of halogens is 2. The van der Waals surface area contributed by atoms with E-state index in [1.807, 2.05) is 29.2 Å². The Hall–Kier alpha value is -3.12. The Bertz CT molecular complexity index is 1310. The second-order valence-electron chi connectivity index (χ2n) is 8.64. The Kier molecular flexibility index (Phi) is 7.91. The van der Waals surface area contributed by atoms with Crippen LogP contribution >= 0.6 is 24.0 Å². The maximum absolute atomic E-state index is 13.5. The molecule has 4 aromatic rings. The first kappa shape index (κ1) is 25.0. The van der Waals surface area contributed by atoms with Gasteiger partial charge < -0.3 is 9.88 Å². The Morgan fingerprint density at radius 2 is 1.54 bits per heavy atom. The van der Waals surface area contributed by atoms with Gasteiger partial charge in [-0.05, 0) is 48.4 Å². The zero-order chi connectivity index (χ0) is 23.5. The van der Waals surface area contributed by atoms with Crippen molar-refractivity contribution < 1.29 is 9.59 Å². The average molecular weight is 508 g/mol. The normalized spacial score (nSPS) is 14.0. The molecule has 3 aromatic carbocycles. The van der Waals surface area contributed by atoms with Gasteiger partial charge in [0.05, 0.1) is 0 Å². The topological polar surface area (TPSA) is 56.4 Å². The molecule has 180 valence electrons. The number of hydrogen-bond donors (Lipinski definition) is 1. The molecule has 7 heteroatoms. The van der Waals surface area contributed by atoms with Crippen LogP contribution in [-0.4, -0.2) is 59.2 Å². The summed E-state index contributed by atoms with van der Waals surface area (Å²) in [5, 5.41) is 1.26. The number of rotatable bonds is 6. The minimum atomic E-state index is -0.131. The van der Waals surface area contributed by atoms with Crippen molar-refractivity contribution in [1.82, 2.24) is 14.8 Å². The van der Waals surface area contributed by atoms with E-state index >= 15 is 0 Å². The molecule has 5 nitrogen and oxygen atoms in total. The molecule has 0 bridgehead atoms. The van der Waals surface area contributed by atoms with Gasteiger partial charge in [0.2, 0.25) is 0 Å². The monoisotopic (exact) mass is 507 g/mol. The molecule has 1 amide bonds. The molecule has 1 aliphatic rings. The van der Waals surface area contributed by atoms with Crippen LogP contribution in [0.4, 0.5) is 0 Å². The number of fused-ring (bicyclic) bond motifs is 1. The van der Waals surface area contributed by atoms with Crippen LogP contribution in [0.3, 0.4) is 0 Å². The standard InChI is InChI=1S/C28H26ClN3O2.ClH/c29-22-11-9-21(10-12-22)27(33)24-19-30-25-8-4-7-23(26(24)25)28(34)32-17-15-31(16-18-32)14-13-20-5-2-1-3-6-20;/h1-12,19,30H,13-18H2;1H. The SMILES string of the molecule is Cl.O=C(c1ccc(Cl)cc1)c1c[nH]c2cccc(C(=O)N3CCN(CCc4ccccc4)CC3)c12. The number of hydrogen-bond acceptors (Lipinski definition) is 3. The highest BCUT2D eigenvalue weighted by Crippen LogP contribution is 2.27. The molecule has 0 spiro atoms. The number of nitrogens with zero attached hydrogens (tertiary/aromatic N) is 2. The van der Waals surface area contributed by atoms with Gasteiger partial charge in [-0.1, -0.05) is 48.0 Å². The Morgan fingerprint density at radius 3 is 2.26 bits per heavy atom. The van der Waals surface area contributed by atoms with E-state index in [0.29, 0.717) is 40.2 Å². The van der Waals surface area contributed by atoms with E-state index in [1.165, 1.54) is 5.56 Å². The molecule has 1 aromatic heterocycles. The van der Waals surface area contributed by atoms with Crippen molar-refractivity contribution in [3.05, 3.63) is 106 Å². The van der Waals surface area contributed by atoms with E-state index < -0.39 is 0 Å². The lowest BCUT2D eigenvalue weighted by molar-refractivity contribution is 0.0640. The molecule has 0 atom stereocenters. The molecule has 35 heavy (non-hydrogen) atoms. The van der Waals surface area contributed by atoms with Crippen molar-refractivity contribution in [2.45, 2.75) is 6.42 Å². The van der Waals surface area contributed by atoms with Gasteiger partial charge in [0, 0.05) is 71.5 Å². The number of carbonyl (C=O) groups excluding carboxylic acids is 2. The summed E-state index contributed by atoms with van der Waals surface area (Å²) in [7, 11) is 0. The average Bonchev–Trinajstić information content (AvgIpc) is 3.32. The third-order valence-electron chi connectivity index (χ3n) is 6.51. The van der Waals surface area contributed by atoms with Crippen molar-refractivity contribution in [2.24, 2.45) is 0 Å². The first-order valence-corrected chi connectivity index (χ1v) is 11.9. The lowest BCUT2D eigenvalue weighted by Crippen LogP contribution is -2.49. The number of H-pyrrole nitrogens is 1. The first-order chi connectivity index (χ1) is 16.6. The second kappa shape index (κ2) is 11.1. The maximum atomic E-state index is 13.5. The fourth-order valence-electron chi connectivity index (χ4n) is 4.58. The second-order valence-corrected chi connectivity index (χ2v) is 9.07. The molecule has 0 aliphatic carbocycles. The van der Waals surface area contributed by atoms with E-state index in [1.54, 1.807) is 30.5 Å². The van der Waals surface area contributed by atoms with Crippen LogP contribution in [0.15, 0.2) is 79.0 Å². The van der Waals surface area contributed by atoms with Gasteiger partial charge in [0.25, 0.3) is 5.91 Å². The highest BCUT2D eigenvalue weighted by atomic mass is 35.5. The summed E-state index contributed by atoms with van der Waals surface area (Å²) in [4.78, 5) is 34.2. The smallest absolute Gasteiger partial charge is 0.254 e. The predicted molar refractivity (Wildman–Crippen MR) is 143 cm³/mol. The number of ketones is 1. The van der Waals surface area contributed by atoms with E-state index in [0.717, 1.165) is 31.6 Å². The maximum Gasteiger partial charge on any atom is 0.254 e. The van der Waals surface area contributed by atoms with Crippen LogP contribution in [0.5, 0.6) is 0 Å². The molecule has 0 unspecified atom stereocenters. The lowest BCUT2D eigenvalue weighted by atomic mass is 9.98. The van der Waals surface area contributed by atoms with Crippen molar-refractivity contribution in [3.63, 3.8) is 0 Å². The van der Waals surface area contributed by atoms with E-state index in [9.17, 15) is 9.59 Å². The predicted octanol–water partition coefficient (Wildman–Crippen LogP) is 5.47. The lowest BCUT2D eigenvalue weighted by Gasteiger charge is -2.35. The minimum absolute atomic E-state index is 0. The summed E-state index contributed by atoms with van der Waals surface area (Å²) in [5.74, 6) is -0.160. The van der Waals surface area contributed by atoms with Gasteiger partial charge in [-0.15, -0.1) is 12.4 Å². The molecular weight excluding hydrogens is 481 g/mol. The molecular formula is C28H27Cl2N3O2. The number of piperazine rings is 1. The molecule has 1 fully saturated rings. The van der Waals surface area contributed by atoms with Crippen LogP contribution in [0.25, 0.3) is 10.9 Å². The van der Waals surface area contributed by atoms with Crippen molar-refractivity contribution in [2.75, 3.05) is 32.7 Å². The first-order valence-electron chi connectivity index (χ1n) is 11.6. The summed E-state index contributed by atoms with van der Waals surface area (Å²) in [6.45, 7) is 4.03. The van der Waals surface area contributed by atoms with Crippen LogP contribution in [-0.2, 0) is 6.42 Å². The molecule has 1 aliphatic heterocycles. The minimum Gasteiger partial charge on any atom is -0.360 e. The van der Waals surface area contributed by atoms with E-state index in [-0.39, 0.29) is 24.1 Å². The zero-order valence-corrected chi connectivity index (χ0v) is 20.8. The fraction of sp³-hybridized carbons (Fsp3) is 0.214.